The lowest BCUT2D eigenvalue weighted by atomic mass is 9.54. The third kappa shape index (κ3) is 1.59. The molecule has 5 nitrogen and oxygen atoms in total. The number of carbonyl (C=O) groups is 2. The molecule has 0 aromatic rings. The third-order valence-electron chi connectivity index (χ3n) is 4.95. The molecule has 0 radical (unpaired) electrons. The summed E-state index contributed by atoms with van der Waals surface area (Å²) < 4.78 is 0. The topological polar surface area (TPSA) is 89.4 Å². The van der Waals surface area contributed by atoms with Crippen molar-refractivity contribution >= 4 is 12.1 Å². The average molecular weight is 237 g/mol. The minimum atomic E-state index is -0.685. The Morgan fingerprint density at radius 2 is 1.24 bits per heavy atom. The van der Waals surface area contributed by atoms with Gasteiger partial charge in [-0.1, -0.05) is 0 Å². The zero-order valence-corrected chi connectivity index (χ0v) is 9.84. The van der Waals surface area contributed by atoms with Gasteiger partial charge in [0.1, 0.15) is 0 Å². The molecule has 4 amide bonds. The number of imide groups is 1. The van der Waals surface area contributed by atoms with Gasteiger partial charge in [0.25, 0.3) is 0 Å². The Labute approximate surface area is 100 Å². The maximum atomic E-state index is 11.4. The van der Waals surface area contributed by atoms with Crippen LogP contribution in [0.25, 0.3) is 0 Å². The zero-order valence-electron chi connectivity index (χ0n) is 9.84. The van der Waals surface area contributed by atoms with Gasteiger partial charge in [-0.3, -0.25) is 0 Å². The Kier molecular flexibility index (Phi) is 2.31. The number of primary amides is 2. The number of rotatable bonds is 1. The summed E-state index contributed by atoms with van der Waals surface area (Å²) in [5, 5.41) is 0. The van der Waals surface area contributed by atoms with E-state index in [2.05, 4.69) is 0 Å². The minimum absolute atomic E-state index is 0.0298. The van der Waals surface area contributed by atoms with Crippen LogP contribution in [-0.2, 0) is 0 Å². The molecule has 94 valence electrons. The van der Waals surface area contributed by atoms with Crippen LogP contribution in [0.15, 0.2) is 0 Å². The van der Waals surface area contributed by atoms with Gasteiger partial charge in [-0.05, 0) is 55.8 Å². The molecule has 4 rings (SSSR count). The minimum Gasteiger partial charge on any atom is -0.351 e. The van der Waals surface area contributed by atoms with Gasteiger partial charge in [-0.25, -0.2) is 14.5 Å². The van der Waals surface area contributed by atoms with Gasteiger partial charge in [0, 0.05) is 6.04 Å². The molecule has 0 aliphatic heterocycles. The number of urea groups is 2. The van der Waals surface area contributed by atoms with Gasteiger partial charge in [0.15, 0.2) is 0 Å². The first-order chi connectivity index (χ1) is 8.06. The molecule has 0 unspecified atom stereocenters. The number of carbonyl (C=O) groups excluding carboxylic acids is 2. The van der Waals surface area contributed by atoms with E-state index in [1.807, 2.05) is 0 Å². The monoisotopic (exact) mass is 237 g/mol. The van der Waals surface area contributed by atoms with Crippen molar-refractivity contribution in [1.82, 2.24) is 4.90 Å². The number of nitrogens with zero attached hydrogens (tertiary/aromatic N) is 1. The van der Waals surface area contributed by atoms with E-state index >= 15 is 0 Å². The van der Waals surface area contributed by atoms with Gasteiger partial charge in [0.2, 0.25) is 0 Å². The predicted molar refractivity (Wildman–Crippen MR) is 61.8 cm³/mol. The summed E-state index contributed by atoms with van der Waals surface area (Å²) >= 11 is 0. The van der Waals surface area contributed by atoms with E-state index in [1.165, 1.54) is 6.42 Å². The van der Waals surface area contributed by atoms with E-state index in [1.54, 1.807) is 0 Å². The highest BCUT2D eigenvalue weighted by Crippen LogP contribution is 2.55. The van der Waals surface area contributed by atoms with Gasteiger partial charge >= 0.3 is 12.1 Å². The van der Waals surface area contributed by atoms with Gasteiger partial charge in [-0.15, -0.1) is 0 Å². The summed E-state index contributed by atoms with van der Waals surface area (Å²) in [5.41, 5.74) is 10.6. The Bertz CT molecular complexity index is 327. The SMILES string of the molecule is NC(=O)N(C(N)=O)C1C2CC3CC(C2)CC1C3. The Hall–Kier alpha value is -1.26. The molecule has 4 bridgehead atoms. The first-order valence-corrected chi connectivity index (χ1v) is 6.44. The van der Waals surface area contributed by atoms with Crippen LogP contribution < -0.4 is 11.5 Å². The lowest BCUT2D eigenvalue weighted by Crippen LogP contribution is -2.61. The molecular formula is C12H19N3O2. The molecule has 0 heterocycles. The summed E-state index contributed by atoms with van der Waals surface area (Å²) in [6.07, 6.45) is 5.87. The highest BCUT2D eigenvalue weighted by molar-refractivity contribution is 5.92. The number of hydrogen-bond acceptors (Lipinski definition) is 2. The van der Waals surface area contributed by atoms with Crippen molar-refractivity contribution in [2.24, 2.45) is 35.1 Å². The van der Waals surface area contributed by atoms with E-state index < -0.39 is 12.1 Å². The fourth-order valence-electron chi connectivity index (χ4n) is 4.72. The van der Waals surface area contributed by atoms with Crippen LogP contribution in [0.4, 0.5) is 9.59 Å². The Morgan fingerprint density at radius 1 is 0.824 bits per heavy atom. The summed E-state index contributed by atoms with van der Waals surface area (Å²) in [6, 6.07) is -1.40. The van der Waals surface area contributed by atoms with E-state index in [4.69, 9.17) is 11.5 Å². The highest BCUT2D eigenvalue weighted by Gasteiger charge is 2.51. The maximum absolute atomic E-state index is 11.4. The van der Waals surface area contributed by atoms with E-state index in [0.29, 0.717) is 11.8 Å². The zero-order chi connectivity index (χ0) is 12.2. The highest BCUT2D eigenvalue weighted by atomic mass is 16.2. The fraction of sp³-hybridized carbons (Fsp3) is 0.833. The van der Waals surface area contributed by atoms with E-state index in [-0.39, 0.29) is 6.04 Å². The molecule has 4 saturated carbocycles. The second-order valence-electron chi connectivity index (χ2n) is 5.97. The number of nitrogens with two attached hydrogens (primary N) is 2. The van der Waals surface area contributed by atoms with Crippen LogP contribution in [0.3, 0.4) is 0 Å². The van der Waals surface area contributed by atoms with Crippen molar-refractivity contribution in [1.29, 1.82) is 0 Å². The van der Waals surface area contributed by atoms with Gasteiger partial charge < -0.3 is 11.5 Å². The molecule has 4 aliphatic carbocycles. The fourth-order valence-corrected chi connectivity index (χ4v) is 4.72. The van der Waals surface area contributed by atoms with Crippen LogP contribution in [0.1, 0.15) is 32.1 Å². The van der Waals surface area contributed by atoms with E-state index in [0.717, 1.165) is 42.4 Å². The molecule has 0 aromatic carbocycles. The molecule has 0 atom stereocenters. The Morgan fingerprint density at radius 3 is 1.59 bits per heavy atom. The van der Waals surface area contributed by atoms with Crippen LogP contribution in [0.2, 0.25) is 0 Å². The number of amides is 4. The molecule has 4 fully saturated rings. The third-order valence-corrected chi connectivity index (χ3v) is 4.95. The second kappa shape index (κ2) is 3.62. The molecule has 4 aliphatic rings. The molecule has 4 N–H and O–H groups in total. The molecule has 5 heteroatoms. The van der Waals surface area contributed by atoms with E-state index in [9.17, 15) is 9.59 Å². The normalized spacial score (nSPS) is 42.5. The van der Waals surface area contributed by atoms with Gasteiger partial charge in [-0.2, -0.15) is 0 Å². The molecule has 17 heavy (non-hydrogen) atoms. The van der Waals surface area contributed by atoms with Crippen molar-refractivity contribution in [3.8, 4) is 0 Å². The lowest BCUT2D eigenvalue weighted by Gasteiger charge is -2.56. The van der Waals surface area contributed by atoms with Gasteiger partial charge in [0.05, 0.1) is 0 Å². The van der Waals surface area contributed by atoms with Crippen LogP contribution in [-0.4, -0.2) is 23.0 Å². The van der Waals surface area contributed by atoms with Crippen LogP contribution in [0, 0.1) is 23.7 Å². The first-order valence-electron chi connectivity index (χ1n) is 6.44. The standard InChI is InChI=1S/C12H19N3O2/c13-11(16)15(12(14)17)10-8-2-6-1-7(4-8)5-9(10)3-6/h6-10H,1-5H2,(H2,13,16)(H2,14,17). The second-order valence-corrected chi connectivity index (χ2v) is 5.97. The Balaban J connectivity index is 1.88. The van der Waals surface area contributed by atoms with Crippen LogP contribution in [0.5, 0.6) is 0 Å². The molecular weight excluding hydrogens is 218 g/mol. The smallest absolute Gasteiger partial charge is 0.323 e. The summed E-state index contributed by atoms with van der Waals surface area (Å²) in [7, 11) is 0. The van der Waals surface area contributed by atoms with Crippen molar-refractivity contribution in [3.63, 3.8) is 0 Å². The predicted octanol–water partition coefficient (Wildman–Crippen LogP) is 1.27. The first kappa shape index (κ1) is 10.9. The maximum Gasteiger partial charge on any atom is 0.323 e. The molecule has 0 spiro atoms. The van der Waals surface area contributed by atoms with Crippen molar-refractivity contribution in [2.75, 3.05) is 0 Å². The largest absolute Gasteiger partial charge is 0.351 e. The molecule has 0 saturated heterocycles. The van der Waals surface area contributed by atoms with Crippen molar-refractivity contribution in [3.05, 3.63) is 0 Å². The summed E-state index contributed by atoms with van der Waals surface area (Å²) in [5.74, 6) is 2.48. The average Bonchev–Trinajstić information content (AvgIpc) is 2.20. The van der Waals surface area contributed by atoms with Crippen molar-refractivity contribution < 1.29 is 9.59 Å². The van der Waals surface area contributed by atoms with Crippen molar-refractivity contribution in [2.45, 2.75) is 38.1 Å². The van der Waals surface area contributed by atoms with Crippen LogP contribution >= 0.6 is 0 Å². The summed E-state index contributed by atoms with van der Waals surface area (Å²) in [4.78, 5) is 23.9. The quantitative estimate of drug-likeness (QED) is 0.719. The summed E-state index contributed by atoms with van der Waals surface area (Å²) in [6.45, 7) is 0. The number of hydrogen-bond donors (Lipinski definition) is 2. The lowest BCUT2D eigenvalue weighted by molar-refractivity contribution is -0.0386. The molecule has 0 aromatic heterocycles.